The summed E-state index contributed by atoms with van der Waals surface area (Å²) in [6, 6.07) is 0. The third kappa shape index (κ3) is 15.6. The van der Waals surface area contributed by atoms with Gasteiger partial charge in [0.15, 0.2) is 0 Å². The van der Waals surface area contributed by atoms with Gasteiger partial charge in [0, 0.05) is 0 Å². The van der Waals surface area contributed by atoms with Crippen molar-refractivity contribution in [3.05, 3.63) is 69.9 Å². The van der Waals surface area contributed by atoms with Crippen LogP contribution in [-0.2, 0) is 0 Å². The number of fused-ring (bicyclic) bond motifs is 15. The van der Waals surface area contributed by atoms with Crippen LogP contribution < -0.4 is 0 Å². The molecule has 11 saturated carbocycles. The predicted octanol–water partition coefficient (Wildman–Crippen LogP) is 31.8. The molecule has 17 aliphatic rings. The van der Waals surface area contributed by atoms with Crippen molar-refractivity contribution in [3.8, 4) is 0 Å². The minimum atomic E-state index is -0.0874. The molecule has 4 heteroatoms. The van der Waals surface area contributed by atoms with Crippen molar-refractivity contribution in [1.29, 1.82) is 0 Å². The topological polar surface area (TPSA) is 80.9 Å². The van der Waals surface area contributed by atoms with Gasteiger partial charge >= 0.3 is 0 Å². The lowest BCUT2D eigenvalue weighted by atomic mass is 9.41. The van der Waals surface area contributed by atoms with Gasteiger partial charge in [-0.05, 0) is 432 Å². The van der Waals surface area contributed by atoms with Crippen LogP contribution in [0.3, 0.4) is 0 Å². The zero-order valence-corrected chi connectivity index (χ0v) is 83.5. The summed E-state index contributed by atoms with van der Waals surface area (Å²) in [6.45, 7) is 70.8. The van der Waals surface area contributed by atoms with Crippen molar-refractivity contribution < 1.29 is 20.4 Å². The van der Waals surface area contributed by atoms with E-state index in [2.05, 4.69) is 198 Å². The molecule has 0 aliphatic heterocycles. The van der Waals surface area contributed by atoms with Gasteiger partial charge in [-0.25, -0.2) is 0 Å². The second-order valence-electron chi connectivity index (χ2n) is 52.4. The van der Waals surface area contributed by atoms with Crippen LogP contribution in [0.5, 0.6) is 0 Å². The Morgan fingerprint density at radius 3 is 1.56 bits per heavy atom. The van der Waals surface area contributed by atoms with E-state index in [1.165, 1.54) is 249 Å². The van der Waals surface area contributed by atoms with E-state index in [0.29, 0.717) is 95.1 Å². The average Bonchev–Trinajstić information content (AvgIpc) is 1.46. The molecule has 0 amide bonds. The number of allylic oxidation sites excluding steroid dienone is 9. The number of hydrogen-bond donors (Lipinski definition) is 4. The molecule has 0 aromatic rings. The van der Waals surface area contributed by atoms with Crippen LogP contribution in [0.15, 0.2) is 69.9 Å². The summed E-state index contributed by atoms with van der Waals surface area (Å²) in [6.07, 6.45) is 60.4. The summed E-state index contributed by atoms with van der Waals surface area (Å²) in [5.41, 5.74) is 18.8. The maximum atomic E-state index is 10.8. The molecule has 17 rings (SSSR count). The normalized spacial score (nSPS) is 46.9. The molecular weight excluding hydrogens is 1460 g/mol. The van der Waals surface area contributed by atoms with E-state index in [0.717, 1.165) is 121 Å². The van der Waals surface area contributed by atoms with E-state index >= 15 is 0 Å². The van der Waals surface area contributed by atoms with Crippen LogP contribution in [0.1, 0.15) is 443 Å². The third-order valence-corrected chi connectivity index (χ3v) is 45.8. The van der Waals surface area contributed by atoms with Gasteiger partial charge in [0.2, 0.25) is 0 Å². The Morgan fingerprint density at radius 1 is 0.400 bits per heavy atom. The lowest BCUT2D eigenvalue weighted by Gasteiger charge is -2.63. The van der Waals surface area contributed by atoms with Crippen molar-refractivity contribution >= 4 is 0 Å². The molecule has 0 aromatic heterocycles. The monoisotopic (exact) mass is 1650 g/mol. The first kappa shape index (κ1) is 94.4. The number of hydrogen-bond acceptors (Lipinski definition) is 4. The third-order valence-electron chi connectivity index (χ3n) is 45.8. The highest BCUT2D eigenvalue weighted by atomic mass is 16.3. The quantitative estimate of drug-likeness (QED) is 0.0916. The van der Waals surface area contributed by atoms with Crippen LogP contribution in [0.4, 0.5) is 0 Å². The smallest absolute Gasteiger partial charge is 0.0594 e. The highest BCUT2D eigenvalue weighted by Gasteiger charge is 2.82. The first-order valence-electron chi connectivity index (χ1n) is 53.2. The second-order valence-corrected chi connectivity index (χ2v) is 52.4. The molecule has 2 spiro atoms. The van der Waals surface area contributed by atoms with E-state index in [9.17, 15) is 20.4 Å². The van der Waals surface area contributed by atoms with Gasteiger partial charge in [-0.1, -0.05) is 270 Å². The Balaban J connectivity index is 0.000000131. The standard InChI is InChI=1S/C30H52O.C30H50O.C29H46O.C27H46O/c1-20(2)9-8-10-21(3)22-13-15-28(7)24-12-11-23-26(4,5)25(31)14-16-29(23)19-30(24,29)18-17-27(22,28)6;1-19(2)20(3)9-10-21(4)23-13-17-30(8)26-12-11-24-22(5)27(31)15-16-28(24,6)25(26)14-18-29(23,30)7;1-18(2)19(3)8-9-20(4)23-12-13-25-22-10-11-24-21(5)27(30)15-17-29(24,7)26(22)14-16-28(23,25)6;1-18(2)7-6-8-19(3)23-11-12-24-22-10-9-20-17-21(28)13-15-26(20,4)25(22)14-16-27(23,24)5/h20-25,31H,8-19H2,1-7H3;19,21-24,27,31H,3,9-18H2,1-2,4-8H3;13,18,20-21,23-24,27,30H,3,8-12,14-17H2,1-2,4-7H3;9,18-19,21-25,28H,6-8,10-17H2,1-5H3/t21-,22?,23?,24?,25+,27-,28+,29+,30+;21-,22+,23?,24?,27+,28+,29-,30+;20-,21+,23?,24?,27+,28-,29+;19-,21+,22?,23?,24?,25?,26+,27-/m1111/s1. The van der Waals surface area contributed by atoms with Gasteiger partial charge in [-0.2, -0.15) is 0 Å². The summed E-state index contributed by atoms with van der Waals surface area (Å²) in [5.74, 6) is 16.5. The number of aliphatic hydroxyl groups excluding tert-OH is 4. The van der Waals surface area contributed by atoms with Crippen LogP contribution in [0, 0.1) is 189 Å². The molecule has 0 heterocycles. The highest BCUT2D eigenvalue weighted by molar-refractivity contribution is 5.50. The Kier molecular flexibility index (Phi) is 27.4. The summed E-state index contributed by atoms with van der Waals surface area (Å²) in [7, 11) is 0. The van der Waals surface area contributed by atoms with Crippen LogP contribution in [0.25, 0.3) is 0 Å². The van der Waals surface area contributed by atoms with Crippen LogP contribution >= 0.6 is 0 Å². The molecule has 11 unspecified atom stereocenters. The van der Waals surface area contributed by atoms with Gasteiger partial charge in [-0.3, -0.25) is 0 Å². The Hall–Kier alpha value is -1.72. The maximum absolute atomic E-state index is 10.8. The predicted molar refractivity (Wildman–Crippen MR) is 511 cm³/mol. The fourth-order valence-corrected chi connectivity index (χ4v) is 37.3. The van der Waals surface area contributed by atoms with Crippen molar-refractivity contribution in [2.75, 3.05) is 0 Å². The minimum absolute atomic E-state index is 0.0766. The van der Waals surface area contributed by atoms with Crippen molar-refractivity contribution in [3.63, 3.8) is 0 Å². The van der Waals surface area contributed by atoms with Gasteiger partial charge in [-0.15, -0.1) is 0 Å². The molecule has 120 heavy (non-hydrogen) atoms. The fourth-order valence-electron chi connectivity index (χ4n) is 37.3. The Morgan fingerprint density at radius 2 is 0.942 bits per heavy atom. The highest BCUT2D eigenvalue weighted by Crippen LogP contribution is 2.89. The van der Waals surface area contributed by atoms with Crippen molar-refractivity contribution in [2.45, 2.75) is 467 Å². The van der Waals surface area contributed by atoms with Crippen LogP contribution in [0.2, 0.25) is 0 Å². The first-order valence-corrected chi connectivity index (χ1v) is 53.2. The zero-order valence-electron chi connectivity index (χ0n) is 83.5. The minimum Gasteiger partial charge on any atom is -0.393 e. The SMILES string of the molecule is C=C(CC[C@@H](C)C1CC=C2C3=C(CC[C@@]21C)[C@@]1(C)CC[C@H](O)[C@@H](C)C1CC3)C(C)C.C=C(CC[C@@H](C)C1CC[C@@]2(C)C3=C(CC[C@]12C)[C@@]1(C)CC[C@H](O)[C@@H](C)C1CC3)C(C)C.CC(C)CCC[C@@H](C)C1CCC2C3CC=C4C[C@@H](O)CC[C@]4(C)C3CC[C@@]21C.CC(C)CCC[C@@H](C)C1CC[C@@]2(C)C3CCC4C(C)(C)[C@@H](O)CC[C@]45C[C@@]35CC[C@]12C. The average molecular weight is 1650 g/mol. The molecule has 11 fully saturated rings. The molecule has 0 bridgehead atoms. The molecule has 0 radical (unpaired) electrons. The Bertz CT molecular complexity index is 3750. The molecule has 0 aromatic carbocycles. The van der Waals surface area contributed by atoms with E-state index in [1.807, 2.05) is 11.1 Å². The molecule has 32 atom stereocenters. The van der Waals surface area contributed by atoms with Gasteiger partial charge in [0.05, 0.1) is 24.4 Å². The van der Waals surface area contributed by atoms with E-state index in [4.69, 9.17) is 0 Å². The fraction of sp³-hybridized carbons (Fsp3) is 0.897. The lowest BCUT2D eigenvalue weighted by molar-refractivity contribution is -0.161. The largest absolute Gasteiger partial charge is 0.393 e. The number of rotatable bonds is 20. The van der Waals surface area contributed by atoms with Crippen molar-refractivity contribution in [1.82, 2.24) is 0 Å². The molecule has 682 valence electrons. The molecule has 4 nitrogen and oxygen atoms in total. The summed E-state index contributed by atoms with van der Waals surface area (Å²) < 4.78 is 0. The molecule has 4 N–H and O–H groups in total. The molecule has 0 saturated heterocycles. The summed E-state index contributed by atoms with van der Waals surface area (Å²) >= 11 is 0. The lowest BCUT2D eigenvalue weighted by Crippen LogP contribution is -2.57. The molecular formula is C116H194O4. The second kappa shape index (κ2) is 34.9. The summed E-state index contributed by atoms with van der Waals surface area (Å²) in [4.78, 5) is 0. The van der Waals surface area contributed by atoms with E-state index < -0.39 is 0 Å². The van der Waals surface area contributed by atoms with E-state index in [-0.39, 0.29) is 29.8 Å². The van der Waals surface area contributed by atoms with Crippen molar-refractivity contribution in [2.24, 2.45) is 189 Å². The van der Waals surface area contributed by atoms with Crippen LogP contribution in [-0.4, -0.2) is 44.8 Å². The summed E-state index contributed by atoms with van der Waals surface area (Å²) in [5, 5.41) is 42.1. The number of aliphatic hydroxyl groups is 4. The maximum Gasteiger partial charge on any atom is 0.0594 e. The molecule has 17 aliphatic carbocycles. The van der Waals surface area contributed by atoms with Gasteiger partial charge < -0.3 is 20.4 Å². The van der Waals surface area contributed by atoms with Gasteiger partial charge in [0.25, 0.3) is 0 Å². The van der Waals surface area contributed by atoms with E-state index in [1.54, 1.807) is 22.3 Å². The Labute approximate surface area is 742 Å². The zero-order chi connectivity index (χ0) is 87.2. The van der Waals surface area contributed by atoms with Gasteiger partial charge in [0.1, 0.15) is 0 Å². The first-order chi connectivity index (χ1) is 56.2.